The normalized spacial score (nSPS) is 18.7. The number of rotatable bonds is 4. The van der Waals surface area contributed by atoms with Crippen LogP contribution < -0.4 is 10.9 Å². The second-order valence-corrected chi connectivity index (χ2v) is 6.08. The maximum atomic E-state index is 11.7. The summed E-state index contributed by atoms with van der Waals surface area (Å²) in [5, 5.41) is 4.54. The highest BCUT2D eigenvalue weighted by atomic mass is 16.4. The summed E-state index contributed by atoms with van der Waals surface area (Å²) in [4.78, 5) is 14.0. The van der Waals surface area contributed by atoms with Gasteiger partial charge in [0, 0.05) is 30.6 Å². The van der Waals surface area contributed by atoms with Crippen LogP contribution in [0.3, 0.4) is 0 Å². The maximum Gasteiger partial charge on any atom is 0.336 e. The fourth-order valence-corrected chi connectivity index (χ4v) is 3.11. The molecule has 3 rings (SSSR count). The summed E-state index contributed by atoms with van der Waals surface area (Å²) >= 11 is 0. The third-order valence-electron chi connectivity index (χ3n) is 4.12. The molecule has 0 amide bonds. The van der Waals surface area contributed by atoms with E-state index in [9.17, 15) is 4.79 Å². The van der Waals surface area contributed by atoms with Crippen molar-refractivity contribution in [1.29, 1.82) is 0 Å². The number of fused-ring (bicyclic) bond motifs is 1. The Morgan fingerprint density at radius 1 is 1.38 bits per heavy atom. The van der Waals surface area contributed by atoms with Crippen molar-refractivity contribution < 1.29 is 4.42 Å². The van der Waals surface area contributed by atoms with Gasteiger partial charge in [0.25, 0.3) is 0 Å². The molecular weight excluding hydrogens is 264 g/mol. The smallest absolute Gasteiger partial charge is 0.336 e. The van der Waals surface area contributed by atoms with E-state index in [0.29, 0.717) is 11.6 Å². The van der Waals surface area contributed by atoms with Crippen LogP contribution in [0.5, 0.6) is 0 Å². The zero-order valence-corrected chi connectivity index (χ0v) is 12.7. The van der Waals surface area contributed by atoms with E-state index in [2.05, 4.69) is 23.3 Å². The fraction of sp³-hybridized carbons (Fsp3) is 0.471. The zero-order chi connectivity index (χ0) is 14.8. The van der Waals surface area contributed by atoms with E-state index in [1.807, 2.05) is 19.1 Å². The summed E-state index contributed by atoms with van der Waals surface area (Å²) < 4.78 is 5.31. The van der Waals surface area contributed by atoms with Gasteiger partial charge in [-0.15, -0.1) is 0 Å². The summed E-state index contributed by atoms with van der Waals surface area (Å²) in [5.41, 5.74) is 2.56. The molecule has 1 aliphatic heterocycles. The Bertz CT molecular complexity index is 687. The second kappa shape index (κ2) is 6.00. The third kappa shape index (κ3) is 3.34. The molecule has 1 unspecified atom stereocenters. The Balaban J connectivity index is 1.83. The average Bonchev–Trinajstić information content (AvgIpc) is 2.90. The van der Waals surface area contributed by atoms with Gasteiger partial charge in [0.15, 0.2) is 0 Å². The molecule has 1 aliphatic rings. The van der Waals surface area contributed by atoms with Gasteiger partial charge in [-0.05, 0) is 50.6 Å². The highest BCUT2D eigenvalue weighted by Gasteiger charge is 2.16. The molecule has 1 N–H and O–H groups in total. The molecule has 112 valence electrons. The Morgan fingerprint density at radius 2 is 2.24 bits per heavy atom. The van der Waals surface area contributed by atoms with Gasteiger partial charge in [-0.25, -0.2) is 4.79 Å². The molecule has 1 aromatic heterocycles. The van der Waals surface area contributed by atoms with E-state index in [1.165, 1.54) is 12.8 Å². The summed E-state index contributed by atoms with van der Waals surface area (Å²) in [6.45, 7) is 4.90. The topological polar surface area (TPSA) is 45.5 Å². The average molecular weight is 286 g/mol. The van der Waals surface area contributed by atoms with Crippen LogP contribution in [0.15, 0.2) is 33.5 Å². The van der Waals surface area contributed by atoms with E-state index >= 15 is 0 Å². The lowest BCUT2D eigenvalue weighted by Gasteiger charge is -2.21. The molecule has 1 atom stereocenters. The van der Waals surface area contributed by atoms with Gasteiger partial charge in [0.05, 0.1) is 0 Å². The number of hydrogen-bond donors (Lipinski definition) is 1. The second-order valence-electron chi connectivity index (χ2n) is 6.08. The van der Waals surface area contributed by atoms with Crippen molar-refractivity contribution in [3.63, 3.8) is 0 Å². The van der Waals surface area contributed by atoms with Crippen LogP contribution >= 0.6 is 0 Å². The van der Waals surface area contributed by atoms with E-state index in [0.717, 1.165) is 36.1 Å². The van der Waals surface area contributed by atoms with Crippen molar-refractivity contribution >= 4 is 11.0 Å². The summed E-state index contributed by atoms with van der Waals surface area (Å²) in [7, 11) is 2.11. The molecule has 1 aromatic carbocycles. The largest absolute Gasteiger partial charge is 0.423 e. The molecule has 21 heavy (non-hydrogen) atoms. The van der Waals surface area contributed by atoms with Gasteiger partial charge in [-0.1, -0.05) is 12.1 Å². The molecule has 4 heteroatoms. The van der Waals surface area contributed by atoms with Gasteiger partial charge < -0.3 is 14.6 Å². The highest BCUT2D eigenvalue weighted by molar-refractivity contribution is 5.80. The van der Waals surface area contributed by atoms with Crippen molar-refractivity contribution in [2.75, 3.05) is 20.1 Å². The fourth-order valence-electron chi connectivity index (χ4n) is 3.11. The molecule has 2 heterocycles. The minimum Gasteiger partial charge on any atom is -0.423 e. The van der Waals surface area contributed by atoms with Crippen molar-refractivity contribution in [3.8, 4) is 0 Å². The molecule has 4 nitrogen and oxygen atoms in total. The summed E-state index contributed by atoms with van der Waals surface area (Å²) in [5.74, 6) is 0. The van der Waals surface area contributed by atoms with Gasteiger partial charge in [0.1, 0.15) is 5.58 Å². The Morgan fingerprint density at radius 3 is 3.00 bits per heavy atom. The molecule has 0 radical (unpaired) electrons. The number of likely N-dealkylation sites (N-methyl/N-ethyl adjacent to an activating group) is 1. The summed E-state index contributed by atoms with van der Waals surface area (Å²) in [6, 6.07) is 8.23. The number of nitrogens with zero attached hydrogens (tertiary/aromatic N) is 1. The number of benzene rings is 1. The maximum absolute atomic E-state index is 11.7. The van der Waals surface area contributed by atoms with Gasteiger partial charge in [0.2, 0.25) is 0 Å². The molecule has 1 fully saturated rings. The zero-order valence-electron chi connectivity index (χ0n) is 12.7. The van der Waals surface area contributed by atoms with Crippen LogP contribution in [-0.4, -0.2) is 31.1 Å². The van der Waals surface area contributed by atoms with Crippen LogP contribution in [0, 0.1) is 6.92 Å². The monoisotopic (exact) mass is 286 g/mol. The minimum atomic E-state index is -0.268. The first kappa shape index (κ1) is 14.3. The van der Waals surface area contributed by atoms with Crippen LogP contribution in [0.1, 0.15) is 24.0 Å². The van der Waals surface area contributed by atoms with Crippen LogP contribution in [-0.2, 0) is 6.54 Å². The van der Waals surface area contributed by atoms with E-state index in [1.54, 1.807) is 6.07 Å². The molecule has 0 aliphatic carbocycles. The number of nitrogens with one attached hydrogen (secondary N) is 1. The van der Waals surface area contributed by atoms with Crippen LogP contribution in [0.2, 0.25) is 0 Å². The third-order valence-corrected chi connectivity index (χ3v) is 4.12. The van der Waals surface area contributed by atoms with E-state index < -0.39 is 0 Å². The molecule has 0 saturated carbocycles. The SMILES string of the molecule is Cc1ccc2c(CN(C)CC3CCCN3)cc(=O)oc2c1. The predicted octanol–water partition coefficient (Wildman–Crippen LogP) is 2.29. The lowest BCUT2D eigenvalue weighted by atomic mass is 10.1. The van der Waals surface area contributed by atoms with Crippen molar-refractivity contribution in [1.82, 2.24) is 10.2 Å². The predicted molar refractivity (Wildman–Crippen MR) is 84.6 cm³/mol. The van der Waals surface area contributed by atoms with E-state index in [4.69, 9.17) is 4.42 Å². The first-order valence-electron chi connectivity index (χ1n) is 7.57. The quantitative estimate of drug-likeness (QED) is 0.876. The standard InChI is InChI=1S/C17H22N2O2/c1-12-5-6-15-13(9-17(20)21-16(15)8-12)10-19(2)11-14-4-3-7-18-14/h5-6,8-9,14,18H,3-4,7,10-11H2,1-2H3. The molecular formula is C17H22N2O2. The minimum absolute atomic E-state index is 0.268. The number of hydrogen-bond acceptors (Lipinski definition) is 4. The number of aryl methyl sites for hydroxylation is 1. The van der Waals surface area contributed by atoms with Crippen LogP contribution in [0.25, 0.3) is 11.0 Å². The first-order chi connectivity index (χ1) is 10.1. The lowest BCUT2D eigenvalue weighted by molar-refractivity contribution is 0.293. The van der Waals surface area contributed by atoms with Crippen molar-refractivity contribution in [2.24, 2.45) is 0 Å². The van der Waals surface area contributed by atoms with E-state index in [-0.39, 0.29) is 5.63 Å². The molecule has 0 spiro atoms. The van der Waals surface area contributed by atoms with Gasteiger partial charge in [-0.3, -0.25) is 0 Å². The first-order valence-corrected chi connectivity index (χ1v) is 7.57. The Kier molecular flexibility index (Phi) is 4.08. The molecule has 1 saturated heterocycles. The van der Waals surface area contributed by atoms with Crippen LogP contribution in [0.4, 0.5) is 0 Å². The molecule has 0 bridgehead atoms. The summed E-state index contributed by atoms with van der Waals surface area (Å²) in [6.07, 6.45) is 2.50. The lowest BCUT2D eigenvalue weighted by Crippen LogP contribution is -2.35. The van der Waals surface area contributed by atoms with Crippen molar-refractivity contribution in [2.45, 2.75) is 32.4 Å². The Hall–Kier alpha value is -1.65. The van der Waals surface area contributed by atoms with Gasteiger partial charge in [-0.2, -0.15) is 0 Å². The Labute approximate surface area is 124 Å². The van der Waals surface area contributed by atoms with Gasteiger partial charge >= 0.3 is 5.63 Å². The van der Waals surface area contributed by atoms with Crippen molar-refractivity contribution in [3.05, 3.63) is 45.8 Å². The molecule has 2 aromatic rings. The highest BCUT2D eigenvalue weighted by Crippen LogP contribution is 2.20.